The van der Waals surface area contributed by atoms with Crippen molar-refractivity contribution >= 4 is 35.0 Å². The summed E-state index contributed by atoms with van der Waals surface area (Å²) < 4.78 is 0. The number of hydrogen-bond donors (Lipinski definition) is 2. The third-order valence-corrected chi connectivity index (χ3v) is 4.78. The number of thioether (sulfide) groups is 1. The van der Waals surface area contributed by atoms with Gasteiger partial charge in [0, 0.05) is 23.1 Å². The molecule has 0 atom stereocenters. The van der Waals surface area contributed by atoms with Gasteiger partial charge in [0.15, 0.2) is 0 Å². The molecule has 0 radical (unpaired) electrons. The number of benzene rings is 1. The van der Waals surface area contributed by atoms with Gasteiger partial charge in [-0.2, -0.15) is 11.8 Å². The molecule has 1 aliphatic heterocycles. The zero-order chi connectivity index (χ0) is 13.0. The van der Waals surface area contributed by atoms with E-state index in [9.17, 15) is 5.11 Å². The second-order valence-electron chi connectivity index (χ2n) is 4.68. The molecular formula is C13H17Cl2NOS. The largest absolute Gasteiger partial charge is 0.389 e. The summed E-state index contributed by atoms with van der Waals surface area (Å²) in [5.74, 6) is 2.08. The quantitative estimate of drug-likeness (QED) is 0.895. The number of rotatable bonds is 4. The fraction of sp³-hybridized carbons (Fsp3) is 0.538. The van der Waals surface area contributed by atoms with E-state index < -0.39 is 5.60 Å². The SMILES string of the molecule is OC1(CNCc2ccc(Cl)cc2Cl)CCSCC1. The Morgan fingerprint density at radius 3 is 2.67 bits per heavy atom. The summed E-state index contributed by atoms with van der Waals surface area (Å²) >= 11 is 13.9. The van der Waals surface area contributed by atoms with Gasteiger partial charge >= 0.3 is 0 Å². The van der Waals surface area contributed by atoms with E-state index in [1.165, 1.54) is 0 Å². The summed E-state index contributed by atoms with van der Waals surface area (Å²) in [5, 5.41) is 14.9. The molecule has 0 saturated carbocycles. The van der Waals surface area contributed by atoms with Crippen molar-refractivity contribution in [3.8, 4) is 0 Å². The highest BCUT2D eigenvalue weighted by Gasteiger charge is 2.28. The Hall–Kier alpha value is 0.0700. The summed E-state index contributed by atoms with van der Waals surface area (Å²) in [6.45, 7) is 1.28. The van der Waals surface area contributed by atoms with E-state index in [2.05, 4.69) is 5.32 Å². The van der Waals surface area contributed by atoms with Crippen LogP contribution in [0.25, 0.3) is 0 Å². The van der Waals surface area contributed by atoms with Crippen molar-refractivity contribution < 1.29 is 5.11 Å². The first-order valence-corrected chi connectivity index (χ1v) is 7.95. The first kappa shape index (κ1) is 14.5. The minimum Gasteiger partial charge on any atom is -0.389 e. The summed E-state index contributed by atoms with van der Waals surface area (Å²) in [7, 11) is 0. The molecule has 0 aliphatic carbocycles. The minimum absolute atomic E-state index is 0.551. The first-order valence-electron chi connectivity index (χ1n) is 6.04. The van der Waals surface area contributed by atoms with Crippen LogP contribution in [0.1, 0.15) is 18.4 Å². The van der Waals surface area contributed by atoms with E-state index in [0.717, 1.165) is 29.9 Å². The lowest BCUT2D eigenvalue weighted by atomic mass is 9.97. The van der Waals surface area contributed by atoms with E-state index in [1.807, 2.05) is 23.9 Å². The summed E-state index contributed by atoms with van der Waals surface area (Å²) in [6.07, 6.45) is 1.72. The van der Waals surface area contributed by atoms with Gasteiger partial charge in [0.2, 0.25) is 0 Å². The van der Waals surface area contributed by atoms with E-state index in [4.69, 9.17) is 23.2 Å². The maximum absolute atomic E-state index is 10.3. The van der Waals surface area contributed by atoms with Crippen molar-refractivity contribution in [1.82, 2.24) is 5.32 Å². The molecule has 18 heavy (non-hydrogen) atoms. The van der Waals surface area contributed by atoms with Crippen LogP contribution >= 0.6 is 35.0 Å². The van der Waals surface area contributed by atoms with Crippen LogP contribution in [0, 0.1) is 0 Å². The van der Waals surface area contributed by atoms with Crippen molar-refractivity contribution in [3.05, 3.63) is 33.8 Å². The smallest absolute Gasteiger partial charge is 0.0787 e. The summed E-state index contributed by atoms with van der Waals surface area (Å²) in [5.41, 5.74) is 0.458. The van der Waals surface area contributed by atoms with E-state index >= 15 is 0 Å². The van der Waals surface area contributed by atoms with E-state index in [1.54, 1.807) is 6.07 Å². The van der Waals surface area contributed by atoms with Gasteiger partial charge in [0.25, 0.3) is 0 Å². The normalized spacial score (nSPS) is 18.8. The third kappa shape index (κ3) is 4.04. The number of halogens is 2. The Kier molecular flexibility index (Phi) is 5.22. The molecular weight excluding hydrogens is 289 g/mol. The topological polar surface area (TPSA) is 32.3 Å². The Balaban J connectivity index is 1.84. The molecule has 0 amide bonds. The molecule has 1 aromatic rings. The highest BCUT2D eigenvalue weighted by molar-refractivity contribution is 7.99. The Morgan fingerprint density at radius 2 is 2.00 bits per heavy atom. The molecule has 5 heteroatoms. The van der Waals surface area contributed by atoms with Gasteiger partial charge in [-0.15, -0.1) is 0 Å². The maximum Gasteiger partial charge on any atom is 0.0787 e. The standard InChI is InChI=1S/C13H17Cl2NOS/c14-11-2-1-10(12(15)7-11)8-16-9-13(17)3-5-18-6-4-13/h1-2,7,16-17H,3-6,8-9H2. The summed E-state index contributed by atoms with van der Waals surface area (Å²) in [4.78, 5) is 0. The lowest BCUT2D eigenvalue weighted by Crippen LogP contribution is -2.43. The maximum atomic E-state index is 10.3. The van der Waals surface area contributed by atoms with Gasteiger partial charge < -0.3 is 10.4 Å². The molecule has 0 unspecified atom stereocenters. The average molecular weight is 306 g/mol. The van der Waals surface area contributed by atoms with Crippen molar-refractivity contribution in [2.75, 3.05) is 18.1 Å². The molecule has 1 aliphatic rings. The van der Waals surface area contributed by atoms with Crippen molar-refractivity contribution in [3.63, 3.8) is 0 Å². The fourth-order valence-electron chi connectivity index (χ4n) is 2.02. The predicted molar refractivity (Wildman–Crippen MR) is 79.7 cm³/mol. The lowest BCUT2D eigenvalue weighted by Gasteiger charge is -2.32. The molecule has 2 N–H and O–H groups in total. The van der Waals surface area contributed by atoms with Gasteiger partial charge in [-0.05, 0) is 42.0 Å². The van der Waals surface area contributed by atoms with Crippen LogP contribution in [-0.4, -0.2) is 28.8 Å². The number of nitrogens with one attached hydrogen (secondary N) is 1. The third-order valence-electron chi connectivity index (χ3n) is 3.21. The fourth-order valence-corrected chi connectivity index (χ4v) is 3.75. The van der Waals surface area contributed by atoms with Gasteiger partial charge in [0.1, 0.15) is 0 Å². The van der Waals surface area contributed by atoms with Crippen LogP contribution in [0.5, 0.6) is 0 Å². The Morgan fingerprint density at radius 1 is 1.28 bits per heavy atom. The highest BCUT2D eigenvalue weighted by Crippen LogP contribution is 2.26. The zero-order valence-electron chi connectivity index (χ0n) is 10.1. The van der Waals surface area contributed by atoms with Gasteiger partial charge in [-0.25, -0.2) is 0 Å². The van der Waals surface area contributed by atoms with Crippen molar-refractivity contribution in [1.29, 1.82) is 0 Å². The molecule has 1 aromatic carbocycles. The van der Waals surface area contributed by atoms with Crippen LogP contribution in [0.3, 0.4) is 0 Å². The molecule has 1 fully saturated rings. The molecule has 0 aromatic heterocycles. The summed E-state index contributed by atoms with van der Waals surface area (Å²) in [6, 6.07) is 5.49. The number of hydrogen-bond acceptors (Lipinski definition) is 3. The van der Waals surface area contributed by atoms with Crippen LogP contribution < -0.4 is 5.32 Å². The van der Waals surface area contributed by atoms with E-state index in [0.29, 0.717) is 23.1 Å². The molecule has 2 rings (SSSR count). The van der Waals surface area contributed by atoms with Crippen molar-refractivity contribution in [2.45, 2.75) is 25.0 Å². The molecule has 100 valence electrons. The number of aliphatic hydroxyl groups is 1. The predicted octanol–water partition coefficient (Wildman–Crippen LogP) is 3.34. The van der Waals surface area contributed by atoms with Crippen LogP contribution in [0.4, 0.5) is 0 Å². The zero-order valence-corrected chi connectivity index (χ0v) is 12.4. The second-order valence-corrected chi connectivity index (χ2v) is 6.74. The molecule has 0 bridgehead atoms. The second kappa shape index (κ2) is 6.49. The molecule has 2 nitrogen and oxygen atoms in total. The lowest BCUT2D eigenvalue weighted by molar-refractivity contribution is 0.0320. The van der Waals surface area contributed by atoms with Crippen LogP contribution in [0.15, 0.2) is 18.2 Å². The molecule has 1 heterocycles. The van der Waals surface area contributed by atoms with E-state index in [-0.39, 0.29) is 0 Å². The average Bonchev–Trinajstić information content (AvgIpc) is 2.33. The van der Waals surface area contributed by atoms with Crippen LogP contribution in [-0.2, 0) is 6.54 Å². The van der Waals surface area contributed by atoms with Gasteiger partial charge in [-0.1, -0.05) is 29.3 Å². The van der Waals surface area contributed by atoms with Gasteiger partial charge in [-0.3, -0.25) is 0 Å². The molecule has 0 spiro atoms. The van der Waals surface area contributed by atoms with Crippen LogP contribution in [0.2, 0.25) is 10.0 Å². The Bertz CT molecular complexity index is 408. The van der Waals surface area contributed by atoms with Crippen molar-refractivity contribution in [2.24, 2.45) is 0 Å². The Labute approximate surface area is 122 Å². The highest BCUT2D eigenvalue weighted by atomic mass is 35.5. The van der Waals surface area contributed by atoms with Gasteiger partial charge in [0.05, 0.1) is 5.60 Å². The first-order chi connectivity index (χ1) is 8.59. The minimum atomic E-state index is -0.551. The monoisotopic (exact) mass is 305 g/mol. The molecule has 1 saturated heterocycles.